The number of ether oxygens (including phenoxy) is 1. The molecule has 0 amide bonds. The van der Waals surface area contributed by atoms with Crippen molar-refractivity contribution in [2.24, 2.45) is 0 Å². The average molecular weight is 413 g/mol. The Morgan fingerprint density at radius 1 is 1.21 bits per heavy atom. The molecular formula is C19H22F3N3O4. The molecule has 0 spiro atoms. The number of benzene rings is 1. The van der Waals surface area contributed by atoms with E-state index in [4.69, 9.17) is 9.57 Å². The zero-order valence-electron chi connectivity index (χ0n) is 16.0. The molecule has 0 fully saturated rings. The van der Waals surface area contributed by atoms with Gasteiger partial charge in [-0.05, 0) is 62.4 Å². The van der Waals surface area contributed by atoms with E-state index in [1.165, 1.54) is 0 Å². The fourth-order valence-corrected chi connectivity index (χ4v) is 3.27. The Kier molecular flexibility index (Phi) is 6.13. The Balaban J connectivity index is 1.64. The molecule has 1 aliphatic rings. The number of hydroxylamine groups is 1. The molecule has 2 aromatic rings. The Morgan fingerprint density at radius 2 is 1.93 bits per heavy atom. The summed E-state index contributed by atoms with van der Waals surface area (Å²) in [5.74, 6) is -0.839. The summed E-state index contributed by atoms with van der Waals surface area (Å²) in [5, 5.41) is 12.6. The monoisotopic (exact) mass is 413 g/mol. The second-order valence-electron chi connectivity index (χ2n) is 6.96. The highest BCUT2D eigenvalue weighted by Crippen LogP contribution is 2.32. The Hall–Kier alpha value is -2.59. The number of aromatic nitrogens is 2. The fourth-order valence-electron chi connectivity index (χ4n) is 3.27. The van der Waals surface area contributed by atoms with Gasteiger partial charge in [0.2, 0.25) is 5.82 Å². The molecule has 0 radical (unpaired) electrons. The molecule has 0 bridgehead atoms. The Morgan fingerprint density at radius 3 is 2.48 bits per heavy atom. The Labute approximate surface area is 165 Å². The molecule has 158 valence electrons. The van der Waals surface area contributed by atoms with Crippen molar-refractivity contribution in [1.29, 1.82) is 0 Å². The second-order valence-corrected chi connectivity index (χ2v) is 6.96. The number of alkyl halides is 3. The number of aliphatic hydroxyl groups excluding tert-OH is 1. The number of hydrogen-bond donors (Lipinski definition) is 2. The van der Waals surface area contributed by atoms with E-state index in [0.29, 0.717) is 37.2 Å². The van der Waals surface area contributed by atoms with Crippen molar-refractivity contribution in [3.63, 3.8) is 0 Å². The van der Waals surface area contributed by atoms with Crippen LogP contribution in [0.1, 0.15) is 36.3 Å². The number of aryl methyl sites for hydroxylation is 2. The van der Waals surface area contributed by atoms with Gasteiger partial charge in [0.15, 0.2) is 0 Å². The smallest absolute Gasteiger partial charge is 0.471 e. The molecule has 1 unspecified atom stereocenters. The third kappa shape index (κ3) is 4.88. The van der Waals surface area contributed by atoms with Gasteiger partial charge >= 0.3 is 12.1 Å². The lowest BCUT2D eigenvalue weighted by atomic mass is 9.91. The van der Waals surface area contributed by atoms with E-state index in [0.717, 1.165) is 11.1 Å². The van der Waals surface area contributed by atoms with E-state index in [2.05, 4.69) is 20.1 Å². The van der Waals surface area contributed by atoms with Gasteiger partial charge < -0.3 is 19.2 Å². The quantitative estimate of drug-likeness (QED) is 0.638. The number of rotatable bonds is 8. The first kappa shape index (κ1) is 21.1. The zero-order valence-corrected chi connectivity index (χ0v) is 16.0. The van der Waals surface area contributed by atoms with Crippen LogP contribution in [0.3, 0.4) is 0 Å². The molecule has 29 heavy (non-hydrogen) atoms. The minimum atomic E-state index is -4.68. The largest absolute Gasteiger partial charge is 0.493 e. The van der Waals surface area contributed by atoms with E-state index < -0.39 is 17.6 Å². The summed E-state index contributed by atoms with van der Waals surface area (Å²) in [6, 6.07) is 3.32. The molecule has 1 aromatic heterocycles. The van der Waals surface area contributed by atoms with Crippen molar-refractivity contribution < 1.29 is 32.4 Å². The number of halogens is 3. The van der Waals surface area contributed by atoms with Crippen LogP contribution in [-0.2, 0) is 11.0 Å². The molecule has 1 aliphatic heterocycles. The van der Waals surface area contributed by atoms with Gasteiger partial charge in [0.1, 0.15) is 12.0 Å². The normalized spacial score (nSPS) is 18.8. The van der Waals surface area contributed by atoms with Crippen LogP contribution in [0.25, 0.3) is 11.4 Å². The summed E-state index contributed by atoms with van der Waals surface area (Å²) in [6.07, 6.45) is 0.714. The maximum atomic E-state index is 12.7. The first-order chi connectivity index (χ1) is 13.7. The van der Waals surface area contributed by atoms with Gasteiger partial charge in [0.25, 0.3) is 0 Å². The number of nitrogens with zero attached hydrogens (tertiary/aromatic N) is 2. The summed E-state index contributed by atoms with van der Waals surface area (Å²) < 4.78 is 48.2. The maximum absolute atomic E-state index is 12.7. The fraction of sp³-hybridized carbons (Fsp3) is 0.474. The van der Waals surface area contributed by atoms with E-state index >= 15 is 0 Å². The molecule has 0 aliphatic carbocycles. The standard InChI is InChI=1S/C19H22F3N3O4/c1-12-10-14(16-23-17(29-24-16)19(20,21)22)11-13(2)15(12)27-8-3-4-18(5-7-26)6-9-28-25-18/h6,9-11,25-26H,3-5,7-8H2,1-2H3. The predicted octanol–water partition coefficient (Wildman–Crippen LogP) is 3.70. The molecule has 7 nitrogen and oxygen atoms in total. The van der Waals surface area contributed by atoms with Crippen molar-refractivity contribution in [3.8, 4) is 17.1 Å². The van der Waals surface area contributed by atoms with Crippen molar-refractivity contribution in [1.82, 2.24) is 15.6 Å². The number of nitrogens with one attached hydrogen (secondary N) is 1. The average Bonchev–Trinajstić information content (AvgIpc) is 3.30. The molecule has 2 N–H and O–H groups in total. The van der Waals surface area contributed by atoms with Gasteiger partial charge in [-0.1, -0.05) is 5.16 Å². The van der Waals surface area contributed by atoms with Gasteiger partial charge in [-0.2, -0.15) is 18.2 Å². The molecule has 1 atom stereocenters. The van der Waals surface area contributed by atoms with Crippen molar-refractivity contribution in [2.75, 3.05) is 13.2 Å². The third-order valence-electron chi connectivity index (χ3n) is 4.68. The van der Waals surface area contributed by atoms with E-state index in [9.17, 15) is 18.3 Å². The van der Waals surface area contributed by atoms with E-state index in [1.54, 1.807) is 32.2 Å². The van der Waals surface area contributed by atoms with Gasteiger partial charge in [-0.25, -0.2) is 0 Å². The first-order valence-electron chi connectivity index (χ1n) is 9.11. The lowest BCUT2D eigenvalue weighted by Gasteiger charge is -2.25. The van der Waals surface area contributed by atoms with Gasteiger partial charge in [-0.3, -0.25) is 0 Å². The van der Waals surface area contributed by atoms with Crippen molar-refractivity contribution in [3.05, 3.63) is 41.5 Å². The molecular weight excluding hydrogens is 391 g/mol. The minimum absolute atomic E-state index is 0.0351. The molecule has 0 saturated heterocycles. The van der Waals surface area contributed by atoms with Crippen LogP contribution in [0.4, 0.5) is 13.2 Å². The highest BCUT2D eigenvalue weighted by Gasteiger charge is 2.38. The molecule has 3 rings (SSSR count). The second kappa shape index (κ2) is 8.42. The maximum Gasteiger partial charge on any atom is 0.471 e. The van der Waals surface area contributed by atoms with Crippen LogP contribution in [0.15, 0.2) is 29.0 Å². The molecule has 0 saturated carbocycles. The van der Waals surface area contributed by atoms with Gasteiger partial charge in [-0.15, -0.1) is 5.48 Å². The van der Waals surface area contributed by atoms with Crippen molar-refractivity contribution >= 4 is 0 Å². The van der Waals surface area contributed by atoms with Gasteiger partial charge in [0, 0.05) is 12.2 Å². The summed E-state index contributed by atoms with van der Waals surface area (Å²) in [4.78, 5) is 8.49. The Bertz CT molecular complexity index is 859. The van der Waals surface area contributed by atoms with E-state index in [-0.39, 0.29) is 12.4 Å². The topological polar surface area (TPSA) is 89.6 Å². The number of aliphatic hydroxyl groups is 1. The van der Waals surface area contributed by atoms with Gasteiger partial charge in [0.05, 0.1) is 12.1 Å². The predicted molar refractivity (Wildman–Crippen MR) is 96.7 cm³/mol. The highest BCUT2D eigenvalue weighted by atomic mass is 19.4. The summed E-state index contributed by atoms with van der Waals surface area (Å²) >= 11 is 0. The highest BCUT2D eigenvalue weighted by molar-refractivity contribution is 5.61. The van der Waals surface area contributed by atoms with Crippen LogP contribution in [0.5, 0.6) is 5.75 Å². The molecule has 2 heterocycles. The van der Waals surface area contributed by atoms with Crippen LogP contribution >= 0.6 is 0 Å². The minimum Gasteiger partial charge on any atom is -0.493 e. The summed E-state index contributed by atoms with van der Waals surface area (Å²) in [6.45, 7) is 4.08. The molecule has 1 aromatic carbocycles. The first-order valence-corrected chi connectivity index (χ1v) is 9.11. The molecule has 10 heteroatoms. The summed E-state index contributed by atoms with van der Waals surface area (Å²) in [7, 11) is 0. The lowest BCUT2D eigenvalue weighted by Crippen LogP contribution is -2.40. The SMILES string of the molecule is Cc1cc(-c2noc(C(F)(F)F)n2)cc(C)c1OCCCC1(CCO)C=CON1. The van der Waals surface area contributed by atoms with Crippen LogP contribution in [0.2, 0.25) is 0 Å². The van der Waals surface area contributed by atoms with E-state index in [1.807, 2.05) is 6.08 Å². The van der Waals surface area contributed by atoms with Crippen molar-refractivity contribution in [2.45, 2.75) is 44.8 Å². The van der Waals surface area contributed by atoms with Crippen LogP contribution in [-0.4, -0.2) is 34.0 Å². The zero-order chi connectivity index (χ0) is 21.1. The number of hydrogen-bond acceptors (Lipinski definition) is 7. The summed E-state index contributed by atoms with van der Waals surface area (Å²) in [5.41, 5.74) is 4.43. The van der Waals surface area contributed by atoms with Crippen LogP contribution < -0.4 is 10.2 Å². The van der Waals surface area contributed by atoms with Crippen LogP contribution in [0, 0.1) is 13.8 Å². The lowest BCUT2D eigenvalue weighted by molar-refractivity contribution is -0.159. The third-order valence-corrected chi connectivity index (χ3v) is 4.68.